The van der Waals surface area contributed by atoms with E-state index in [2.05, 4.69) is 15.5 Å². The van der Waals surface area contributed by atoms with Crippen LogP contribution in [-0.2, 0) is 4.79 Å². The van der Waals surface area contributed by atoms with Gasteiger partial charge < -0.3 is 10.2 Å². The van der Waals surface area contributed by atoms with E-state index in [0.717, 1.165) is 0 Å². The fourth-order valence-corrected chi connectivity index (χ4v) is 2.01. The number of hydrogen-bond donors (Lipinski definition) is 2. The normalized spacial score (nSPS) is 10.4. The van der Waals surface area contributed by atoms with Gasteiger partial charge >= 0.3 is 0 Å². The van der Waals surface area contributed by atoms with E-state index in [1.807, 2.05) is 0 Å². The number of carbonyl (C=O) groups excluding carboxylic acids is 2. The number of carbonyl (C=O) groups is 2. The van der Waals surface area contributed by atoms with E-state index in [4.69, 9.17) is 0 Å². The number of aromatic nitrogens is 2. The zero-order chi connectivity index (χ0) is 15.4. The molecule has 1 aromatic heterocycles. The Morgan fingerprint density at radius 1 is 1.29 bits per heavy atom. The van der Waals surface area contributed by atoms with Crippen molar-refractivity contribution in [3.05, 3.63) is 40.3 Å². The lowest BCUT2D eigenvalue weighted by Gasteiger charge is -2.19. The maximum atomic E-state index is 12.5. The van der Waals surface area contributed by atoms with Gasteiger partial charge in [-0.15, -0.1) is 0 Å². The van der Waals surface area contributed by atoms with Gasteiger partial charge in [-0.2, -0.15) is 5.10 Å². The molecule has 0 fully saturated rings. The molecule has 1 aromatic carbocycles. The lowest BCUT2D eigenvalue weighted by molar-refractivity contribution is -0.121. The molecule has 2 aromatic rings. The average molecular weight is 288 g/mol. The van der Waals surface area contributed by atoms with Crippen LogP contribution in [0.3, 0.4) is 0 Å². The van der Waals surface area contributed by atoms with Gasteiger partial charge in [0.05, 0.1) is 11.9 Å². The Bertz CT molecular complexity index is 738. The summed E-state index contributed by atoms with van der Waals surface area (Å²) in [6, 6.07) is 6.74. The van der Waals surface area contributed by atoms with Gasteiger partial charge in [0.1, 0.15) is 0 Å². The number of nitrogens with zero attached hydrogens (tertiary/aromatic N) is 2. The summed E-state index contributed by atoms with van der Waals surface area (Å²) in [5.74, 6) is -0.660. The maximum absolute atomic E-state index is 12.5. The molecule has 21 heavy (non-hydrogen) atoms. The van der Waals surface area contributed by atoms with E-state index in [1.54, 1.807) is 31.2 Å². The molecule has 110 valence electrons. The van der Waals surface area contributed by atoms with E-state index in [0.29, 0.717) is 17.3 Å². The van der Waals surface area contributed by atoms with Crippen LogP contribution in [0.5, 0.6) is 0 Å². The smallest absolute Gasteiger partial charge is 0.275 e. The van der Waals surface area contributed by atoms with Crippen molar-refractivity contribution < 1.29 is 9.59 Å². The molecule has 0 saturated carbocycles. The molecule has 2 rings (SSSR count). The first-order chi connectivity index (χ1) is 10.1. The van der Waals surface area contributed by atoms with E-state index in [-0.39, 0.29) is 23.7 Å². The molecule has 0 radical (unpaired) electrons. The number of likely N-dealkylation sites (N-methyl/N-ethyl adjacent to an activating group) is 2. The lowest BCUT2D eigenvalue weighted by atomic mass is 10.1. The molecule has 0 unspecified atom stereocenters. The van der Waals surface area contributed by atoms with Crippen LogP contribution in [0.1, 0.15) is 17.4 Å². The van der Waals surface area contributed by atoms with Crippen LogP contribution in [0.2, 0.25) is 0 Å². The van der Waals surface area contributed by atoms with Crippen molar-refractivity contribution in [2.75, 3.05) is 20.1 Å². The van der Waals surface area contributed by atoms with E-state index in [1.165, 1.54) is 11.9 Å². The summed E-state index contributed by atoms with van der Waals surface area (Å²) in [7, 11) is 1.51. The zero-order valence-electron chi connectivity index (χ0n) is 11.8. The standard InChI is InChI=1S/C14H16N4O3/c1-3-18(8-11(19)15-2)14(21)12-9-6-4-5-7-10(9)13(20)17-16-12/h4-7H,3,8H2,1-2H3,(H,15,19)(H,17,20). The second-order valence-corrected chi connectivity index (χ2v) is 4.44. The highest BCUT2D eigenvalue weighted by molar-refractivity contribution is 6.05. The lowest BCUT2D eigenvalue weighted by Crippen LogP contribution is -2.40. The van der Waals surface area contributed by atoms with Crippen LogP contribution in [0.25, 0.3) is 10.8 Å². The van der Waals surface area contributed by atoms with Gasteiger partial charge in [0, 0.05) is 19.0 Å². The summed E-state index contributed by atoms with van der Waals surface area (Å²) < 4.78 is 0. The topological polar surface area (TPSA) is 95.2 Å². The van der Waals surface area contributed by atoms with Gasteiger partial charge in [-0.1, -0.05) is 18.2 Å². The Morgan fingerprint density at radius 2 is 1.95 bits per heavy atom. The predicted octanol–water partition coefficient (Wildman–Crippen LogP) is 0.131. The average Bonchev–Trinajstić information content (AvgIpc) is 2.52. The molecular formula is C14H16N4O3. The maximum Gasteiger partial charge on any atom is 0.275 e. The summed E-state index contributed by atoms with van der Waals surface area (Å²) in [6.07, 6.45) is 0. The number of aromatic amines is 1. The molecule has 7 nitrogen and oxygen atoms in total. The molecule has 0 spiro atoms. The van der Waals surface area contributed by atoms with Gasteiger partial charge in [0.2, 0.25) is 5.91 Å². The minimum Gasteiger partial charge on any atom is -0.358 e. The third kappa shape index (κ3) is 2.91. The number of rotatable bonds is 4. The molecular weight excluding hydrogens is 272 g/mol. The Labute approximate surface area is 121 Å². The van der Waals surface area contributed by atoms with Crippen LogP contribution in [0.15, 0.2) is 29.1 Å². The Hall–Kier alpha value is -2.70. The molecule has 0 aliphatic carbocycles. The predicted molar refractivity (Wildman–Crippen MR) is 78.0 cm³/mol. The number of nitrogens with one attached hydrogen (secondary N) is 2. The first-order valence-corrected chi connectivity index (χ1v) is 6.55. The largest absolute Gasteiger partial charge is 0.358 e. The van der Waals surface area contributed by atoms with Crippen molar-refractivity contribution in [1.29, 1.82) is 0 Å². The zero-order valence-corrected chi connectivity index (χ0v) is 11.8. The number of H-pyrrole nitrogens is 1. The second kappa shape index (κ2) is 6.17. The van der Waals surface area contributed by atoms with Crippen molar-refractivity contribution in [3.8, 4) is 0 Å². The molecule has 0 aliphatic rings. The molecule has 0 saturated heterocycles. The highest BCUT2D eigenvalue weighted by Gasteiger charge is 2.21. The van der Waals surface area contributed by atoms with Crippen molar-refractivity contribution in [1.82, 2.24) is 20.4 Å². The number of fused-ring (bicyclic) bond motifs is 1. The summed E-state index contributed by atoms with van der Waals surface area (Å²) in [6.45, 7) is 2.08. The highest BCUT2D eigenvalue weighted by Crippen LogP contribution is 2.14. The van der Waals surface area contributed by atoms with Gasteiger partial charge in [0.25, 0.3) is 11.5 Å². The summed E-state index contributed by atoms with van der Waals surface area (Å²) in [5.41, 5.74) is -0.215. The Balaban J connectivity index is 2.46. The van der Waals surface area contributed by atoms with E-state index in [9.17, 15) is 14.4 Å². The van der Waals surface area contributed by atoms with Crippen LogP contribution < -0.4 is 10.9 Å². The molecule has 0 bridgehead atoms. The fourth-order valence-electron chi connectivity index (χ4n) is 2.01. The molecule has 1 heterocycles. The fraction of sp³-hybridized carbons (Fsp3) is 0.286. The summed E-state index contributed by atoms with van der Waals surface area (Å²) in [5, 5.41) is 9.50. The molecule has 0 aliphatic heterocycles. The Kier molecular flexibility index (Phi) is 4.32. The number of benzene rings is 1. The molecule has 7 heteroatoms. The minimum atomic E-state index is -0.395. The monoisotopic (exact) mass is 288 g/mol. The first-order valence-electron chi connectivity index (χ1n) is 6.55. The summed E-state index contributed by atoms with van der Waals surface area (Å²) >= 11 is 0. The van der Waals surface area contributed by atoms with Crippen LogP contribution in [0, 0.1) is 0 Å². The van der Waals surface area contributed by atoms with E-state index < -0.39 is 5.91 Å². The van der Waals surface area contributed by atoms with Crippen molar-refractivity contribution in [2.45, 2.75) is 6.92 Å². The molecule has 2 N–H and O–H groups in total. The summed E-state index contributed by atoms with van der Waals surface area (Å²) in [4.78, 5) is 37.0. The third-order valence-electron chi connectivity index (χ3n) is 3.18. The quantitative estimate of drug-likeness (QED) is 0.836. The van der Waals surface area contributed by atoms with E-state index >= 15 is 0 Å². The van der Waals surface area contributed by atoms with Gasteiger partial charge in [-0.05, 0) is 13.0 Å². The van der Waals surface area contributed by atoms with Gasteiger partial charge in [0.15, 0.2) is 5.69 Å². The number of amides is 2. The van der Waals surface area contributed by atoms with Gasteiger partial charge in [-0.25, -0.2) is 5.10 Å². The SMILES string of the molecule is CCN(CC(=O)NC)C(=O)c1n[nH]c(=O)c2ccccc12. The highest BCUT2D eigenvalue weighted by atomic mass is 16.2. The first kappa shape index (κ1) is 14.7. The van der Waals surface area contributed by atoms with Crippen molar-refractivity contribution in [3.63, 3.8) is 0 Å². The van der Waals surface area contributed by atoms with Crippen LogP contribution in [-0.4, -0.2) is 47.0 Å². The van der Waals surface area contributed by atoms with Crippen molar-refractivity contribution >= 4 is 22.6 Å². The third-order valence-corrected chi connectivity index (χ3v) is 3.18. The van der Waals surface area contributed by atoms with Crippen LogP contribution >= 0.6 is 0 Å². The number of hydrogen-bond acceptors (Lipinski definition) is 4. The Morgan fingerprint density at radius 3 is 2.57 bits per heavy atom. The van der Waals surface area contributed by atoms with Crippen molar-refractivity contribution in [2.24, 2.45) is 0 Å². The molecule has 2 amide bonds. The minimum absolute atomic E-state index is 0.0546. The van der Waals surface area contributed by atoms with Gasteiger partial charge in [-0.3, -0.25) is 14.4 Å². The second-order valence-electron chi connectivity index (χ2n) is 4.44. The van der Waals surface area contributed by atoms with Crippen LogP contribution in [0.4, 0.5) is 0 Å². The molecule has 0 atom stereocenters.